The van der Waals surface area contributed by atoms with E-state index in [0.717, 1.165) is 7.11 Å². The first-order valence-corrected chi connectivity index (χ1v) is 3.31. The molecule has 1 aromatic rings. The molecule has 0 aromatic carbocycles. The highest BCUT2D eigenvalue weighted by Crippen LogP contribution is 2.27. The topological polar surface area (TPSA) is 42.1 Å². The van der Waals surface area contributed by atoms with Crippen molar-refractivity contribution >= 4 is 0 Å². The van der Waals surface area contributed by atoms with Crippen molar-refractivity contribution in [2.45, 2.75) is 6.43 Å². The molecule has 0 unspecified atom stereocenters. The van der Waals surface area contributed by atoms with Crippen LogP contribution in [0.5, 0.6) is 5.75 Å². The Kier molecular flexibility index (Phi) is 2.60. The molecule has 0 aliphatic carbocycles. The van der Waals surface area contributed by atoms with Gasteiger partial charge in [0.15, 0.2) is 11.6 Å². The van der Waals surface area contributed by atoms with Crippen molar-refractivity contribution in [1.82, 2.24) is 4.98 Å². The first-order valence-electron chi connectivity index (χ1n) is 3.31. The molecule has 0 atom stereocenters. The molecule has 0 aliphatic rings. The van der Waals surface area contributed by atoms with Crippen LogP contribution in [-0.2, 0) is 0 Å². The summed E-state index contributed by atoms with van der Waals surface area (Å²) in [5, 5.41) is 0. The van der Waals surface area contributed by atoms with E-state index in [9.17, 15) is 18.0 Å². The van der Waals surface area contributed by atoms with E-state index in [1.807, 2.05) is 0 Å². The Morgan fingerprint density at radius 1 is 1.54 bits per heavy atom. The van der Waals surface area contributed by atoms with E-state index in [-0.39, 0.29) is 0 Å². The van der Waals surface area contributed by atoms with Gasteiger partial charge in [0.05, 0.1) is 7.11 Å². The summed E-state index contributed by atoms with van der Waals surface area (Å²) in [6, 6.07) is 0.546. The highest BCUT2D eigenvalue weighted by molar-refractivity contribution is 5.29. The first-order chi connectivity index (χ1) is 6.06. The van der Waals surface area contributed by atoms with Crippen LogP contribution < -0.4 is 10.3 Å². The molecule has 1 heterocycles. The van der Waals surface area contributed by atoms with Crippen molar-refractivity contribution in [3.63, 3.8) is 0 Å². The van der Waals surface area contributed by atoms with E-state index < -0.39 is 29.2 Å². The number of H-pyrrole nitrogens is 1. The van der Waals surface area contributed by atoms with Gasteiger partial charge in [-0.15, -0.1) is 0 Å². The van der Waals surface area contributed by atoms with Crippen LogP contribution in [0, 0.1) is 5.82 Å². The van der Waals surface area contributed by atoms with Crippen LogP contribution in [0.1, 0.15) is 12.1 Å². The maximum atomic E-state index is 12.8. The Balaban J connectivity index is 3.38. The molecule has 3 nitrogen and oxygen atoms in total. The summed E-state index contributed by atoms with van der Waals surface area (Å²) < 4.78 is 41.5. The Labute approximate surface area is 71.2 Å². The van der Waals surface area contributed by atoms with E-state index in [1.165, 1.54) is 0 Å². The summed E-state index contributed by atoms with van der Waals surface area (Å²) >= 11 is 0. The van der Waals surface area contributed by atoms with Crippen molar-refractivity contribution in [1.29, 1.82) is 0 Å². The van der Waals surface area contributed by atoms with Gasteiger partial charge in [-0.2, -0.15) is 0 Å². The predicted octanol–water partition coefficient (Wildman–Crippen LogP) is 1.46. The average molecular weight is 193 g/mol. The molecule has 0 aliphatic heterocycles. The summed E-state index contributed by atoms with van der Waals surface area (Å²) in [5.41, 5.74) is -1.76. The van der Waals surface area contributed by atoms with Gasteiger partial charge in [0.1, 0.15) is 5.69 Å². The molecule has 0 saturated carbocycles. The Hall–Kier alpha value is -1.46. The SMILES string of the molecule is COc1c(F)cc(=O)[nH]c1C(F)F. The molecule has 0 saturated heterocycles. The normalized spacial score (nSPS) is 10.5. The summed E-state index contributed by atoms with van der Waals surface area (Å²) in [7, 11) is 1.04. The van der Waals surface area contributed by atoms with Crippen LogP contribution in [0.3, 0.4) is 0 Å². The molecule has 0 bridgehead atoms. The molecule has 0 spiro atoms. The van der Waals surface area contributed by atoms with Gasteiger partial charge in [0, 0.05) is 6.07 Å². The molecule has 72 valence electrons. The van der Waals surface area contributed by atoms with E-state index in [1.54, 1.807) is 4.98 Å². The van der Waals surface area contributed by atoms with Crippen LogP contribution in [0.4, 0.5) is 13.2 Å². The van der Waals surface area contributed by atoms with Crippen LogP contribution in [0.2, 0.25) is 0 Å². The van der Waals surface area contributed by atoms with Crippen LogP contribution in [0.15, 0.2) is 10.9 Å². The molecular weight excluding hydrogens is 187 g/mol. The number of halogens is 3. The van der Waals surface area contributed by atoms with Crippen molar-refractivity contribution < 1.29 is 17.9 Å². The quantitative estimate of drug-likeness (QED) is 0.772. The minimum atomic E-state index is -2.97. The van der Waals surface area contributed by atoms with Crippen LogP contribution in [-0.4, -0.2) is 12.1 Å². The monoisotopic (exact) mass is 193 g/mol. The molecule has 0 fully saturated rings. The van der Waals surface area contributed by atoms with Crippen molar-refractivity contribution in [3.8, 4) is 5.75 Å². The highest BCUT2D eigenvalue weighted by Gasteiger charge is 2.18. The average Bonchev–Trinajstić information content (AvgIpc) is 2.02. The molecule has 0 amide bonds. The number of pyridine rings is 1. The molecule has 6 heteroatoms. The number of rotatable bonds is 2. The van der Waals surface area contributed by atoms with Gasteiger partial charge in [0.25, 0.3) is 12.0 Å². The number of hydrogen-bond donors (Lipinski definition) is 1. The number of aromatic amines is 1. The van der Waals surface area contributed by atoms with E-state index >= 15 is 0 Å². The van der Waals surface area contributed by atoms with Gasteiger partial charge in [0.2, 0.25) is 0 Å². The van der Waals surface area contributed by atoms with E-state index in [0.29, 0.717) is 6.07 Å². The summed E-state index contributed by atoms with van der Waals surface area (Å²) in [4.78, 5) is 12.4. The molecule has 13 heavy (non-hydrogen) atoms. The fraction of sp³-hybridized carbons (Fsp3) is 0.286. The summed E-state index contributed by atoms with van der Waals surface area (Å²) in [6.07, 6.45) is -2.97. The van der Waals surface area contributed by atoms with Gasteiger partial charge < -0.3 is 9.72 Å². The number of alkyl halides is 2. The number of methoxy groups -OCH3 is 1. The van der Waals surface area contributed by atoms with E-state index in [2.05, 4.69) is 4.74 Å². The maximum absolute atomic E-state index is 12.8. The number of aromatic nitrogens is 1. The smallest absolute Gasteiger partial charge is 0.282 e. The second kappa shape index (κ2) is 3.51. The fourth-order valence-corrected chi connectivity index (χ4v) is 0.896. The third-order valence-corrected chi connectivity index (χ3v) is 1.40. The lowest BCUT2D eigenvalue weighted by Crippen LogP contribution is -2.11. The lowest BCUT2D eigenvalue weighted by Gasteiger charge is -2.06. The lowest BCUT2D eigenvalue weighted by molar-refractivity contribution is 0.140. The molecule has 1 aromatic heterocycles. The minimum Gasteiger partial charge on any atom is -0.492 e. The van der Waals surface area contributed by atoms with Gasteiger partial charge in [-0.1, -0.05) is 0 Å². The Morgan fingerprint density at radius 2 is 2.15 bits per heavy atom. The zero-order valence-corrected chi connectivity index (χ0v) is 6.61. The minimum absolute atomic E-state index is 0.546. The zero-order valence-electron chi connectivity index (χ0n) is 6.61. The largest absolute Gasteiger partial charge is 0.492 e. The van der Waals surface area contributed by atoms with Crippen LogP contribution >= 0.6 is 0 Å². The second-order valence-electron chi connectivity index (χ2n) is 2.23. The zero-order chi connectivity index (χ0) is 10.0. The molecular formula is C7H6F3NO2. The molecule has 1 N–H and O–H groups in total. The number of hydrogen-bond acceptors (Lipinski definition) is 2. The molecule has 1 rings (SSSR count). The number of ether oxygens (including phenoxy) is 1. The third-order valence-electron chi connectivity index (χ3n) is 1.40. The fourth-order valence-electron chi connectivity index (χ4n) is 0.896. The van der Waals surface area contributed by atoms with E-state index in [4.69, 9.17) is 0 Å². The van der Waals surface area contributed by atoms with Gasteiger partial charge in [-0.25, -0.2) is 13.2 Å². The van der Waals surface area contributed by atoms with Crippen LogP contribution in [0.25, 0.3) is 0 Å². The summed E-state index contributed by atoms with van der Waals surface area (Å²) in [6.45, 7) is 0. The van der Waals surface area contributed by atoms with Gasteiger partial charge in [-0.3, -0.25) is 4.79 Å². The summed E-state index contributed by atoms with van der Waals surface area (Å²) in [5.74, 6) is -1.73. The maximum Gasteiger partial charge on any atom is 0.282 e. The second-order valence-corrected chi connectivity index (χ2v) is 2.23. The van der Waals surface area contributed by atoms with Gasteiger partial charge >= 0.3 is 0 Å². The lowest BCUT2D eigenvalue weighted by atomic mass is 10.3. The molecule has 0 radical (unpaired) electrons. The predicted molar refractivity (Wildman–Crippen MR) is 38.5 cm³/mol. The highest BCUT2D eigenvalue weighted by atomic mass is 19.3. The first kappa shape index (κ1) is 9.63. The standard InChI is InChI=1S/C7H6F3NO2/c1-13-6-3(8)2-4(12)11-5(6)7(9)10/h2,7H,1H3,(H,11,12). The Morgan fingerprint density at radius 3 is 2.62 bits per heavy atom. The van der Waals surface area contributed by atoms with Crippen molar-refractivity contribution in [3.05, 3.63) is 27.9 Å². The third kappa shape index (κ3) is 1.82. The number of nitrogens with one attached hydrogen (secondary N) is 1. The van der Waals surface area contributed by atoms with Crippen molar-refractivity contribution in [2.75, 3.05) is 7.11 Å². The van der Waals surface area contributed by atoms with Gasteiger partial charge in [-0.05, 0) is 0 Å². The Bertz CT molecular complexity index is 361. The van der Waals surface area contributed by atoms with Crippen molar-refractivity contribution in [2.24, 2.45) is 0 Å².